The van der Waals surface area contributed by atoms with E-state index in [4.69, 9.17) is 16.6 Å². The molecule has 0 radical (unpaired) electrons. The number of hydrogen-bond acceptors (Lipinski definition) is 3. The molecule has 1 spiro atoms. The molecule has 4 rings (SSSR count). The van der Waals surface area contributed by atoms with Crippen LogP contribution < -0.4 is 10.2 Å². The standard InChI is InChI=1S/C20H24ClN3O/c1-13-5-3-4-6-17(13)23-14(2)10-24-18-9-15(21)7-8-16(18)20(19(24)25)11-22-12-20/h7-9,22H,3-6,10-12H2,1-2H3. The molecule has 0 atom stereocenters. The molecule has 4 nitrogen and oxygen atoms in total. The van der Waals surface area contributed by atoms with E-state index in [1.165, 1.54) is 24.1 Å². The van der Waals surface area contributed by atoms with Gasteiger partial charge in [-0.2, -0.15) is 0 Å². The lowest BCUT2D eigenvalue weighted by Crippen LogP contribution is -2.62. The summed E-state index contributed by atoms with van der Waals surface area (Å²) < 4.78 is 0. The monoisotopic (exact) mass is 357 g/mol. The van der Waals surface area contributed by atoms with Gasteiger partial charge in [-0.25, -0.2) is 0 Å². The highest BCUT2D eigenvalue weighted by Gasteiger charge is 2.54. The van der Waals surface area contributed by atoms with Gasteiger partial charge in [-0.05, 0) is 57.2 Å². The van der Waals surface area contributed by atoms with Crippen LogP contribution in [0.3, 0.4) is 0 Å². The highest BCUT2D eigenvalue weighted by atomic mass is 35.5. The summed E-state index contributed by atoms with van der Waals surface area (Å²) in [5.41, 5.74) is 5.23. The third-order valence-corrected chi connectivity index (χ3v) is 5.93. The maximum absolute atomic E-state index is 13.1. The molecule has 1 N–H and O–H groups in total. The largest absolute Gasteiger partial charge is 0.314 e. The van der Waals surface area contributed by atoms with Crippen molar-refractivity contribution in [2.24, 2.45) is 4.99 Å². The number of amides is 1. The van der Waals surface area contributed by atoms with Crippen LogP contribution in [0, 0.1) is 0 Å². The molecule has 0 aromatic heterocycles. The van der Waals surface area contributed by atoms with Gasteiger partial charge in [0.1, 0.15) is 5.41 Å². The summed E-state index contributed by atoms with van der Waals surface area (Å²) in [6.07, 6.45) is 4.66. The molecular weight excluding hydrogens is 334 g/mol. The molecule has 0 unspecified atom stereocenters. The number of aliphatic imine (C=N–C) groups is 1. The number of nitrogens with zero attached hydrogens (tertiary/aromatic N) is 2. The summed E-state index contributed by atoms with van der Waals surface area (Å²) in [5.74, 6) is 0.174. The van der Waals surface area contributed by atoms with Gasteiger partial charge in [0.2, 0.25) is 5.91 Å². The zero-order valence-electron chi connectivity index (χ0n) is 14.9. The SMILES string of the molecule is CC(CN1C(=O)C2(CNC2)c2ccc(Cl)cc21)=NC1=C(C)CCCC1. The molecule has 1 aliphatic carbocycles. The second kappa shape index (κ2) is 6.26. The topological polar surface area (TPSA) is 44.7 Å². The average Bonchev–Trinajstić information content (AvgIpc) is 2.78. The Morgan fingerprint density at radius 3 is 2.76 bits per heavy atom. The Morgan fingerprint density at radius 1 is 1.32 bits per heavy atom. The fraction of sp³-hybridized carbons (Fsp3) is 0.500. The Bertz CT molecular complexity index is 792. The van der Waals surface area contributed by atoms with E-state index in [0.717, 1.165) is 29.8 Å². The molecule has 5 heteroatoms. The van der Waals surface area contributed by atoms with Crippen LogP contribution in [0.4, 0.5) is 5.69 Å². The number of nitrogens with one attached hydrogen (secondary N) is 1. The third-order valence-electron chi connectivity index (χ3n) is 5.69. The number of anilines is 1. The Kier molecular flexibility index (Phi) is 4.20. The molecule has 1 amide bonds. The van der Waals surface area contributed by atoms with Gasteiger partial charge in [0.05, 0.1) is 6.54 Å². The Labute approximate surface area is 154 Å². The summed E-state index contributed by atoms with van der Waals surface area (Å²) in [4.78, 5) is 19.9. The Balaban J connectivity index is 1.65. The van der Waals surface area contributed by atoms with E-state index in [1.807, 2.05) is 30.0 Å². The molecule has 1 saturated heterocycles. The van der Waals surface area contributed by atoms with Crippen molar-refractivity contribution in [1.82, 2.24) is 5.32 Å². The van der Waals surface area contributed by atoms with Crippen molar-refractivity contribution in [3.63, 3.8) is 0 Å². The van der Waals surface area contributed by atoms with Gasteiger partial charge in [-0.15, -0.1) is 0 Å². The zero-order chi connectivity index (χ0) is 17.6. The molecule has 1 aromatic carbocycles. The minimum absolute atomic E-state index is 0.174. The molecule has 132 valence electrons. The summed E-state index contributed by atoms with van der Waals surface area (Å²) in [5, 5.41) is 3.92. The quantitative estimate of drug-likeness (QED) is 0.835. The van der Waals surface area contributed by atoms with Crippen molar-refractivity contribution in [2.45, 2.75) is 44.9 Å². The minimum Gasteiger partial charge on any atom is -0.314 e. The van der Waals surface area contributed by atoms with Crippen LogP contribution in [0.5, 0.6) is 0 Å². The summed E-state index contributed by atoms with van der Waals surface area (Å²) >= 11 is 6.21. The predicted molar refractivity (Wildman–Crippen MR) is 103 cm³/mol. The Morgan fingerprint density at radius 2 is 2.08 bits per heavy atom. The lowest BCUT2D eigenvalue weighted by atomic mass is 9.76. The highest BCUT2D eigenvalue weighted by molar-refractivity contribution is 6.31. The summed E-state index contributed by atoms with van der Waals surface area (Å²) in [6, 6.07) is 5.81. The van der Waals surface area contributed by atoms with Crippen LogP contribution in [0.25, 0.3) is 0 Å². The van der Waals surface area contributed by atoms with Gasteiger partial charge >= 0.3 is 0 Å². The summed E-state index contributed by atoms with van der Waals surface area (Å²) in [6.45, 7) is 6.15. The lowest BCUT2D eigenvalue weighted by molar-refractivity contribution is -0.124. The van der Waals surface area contributed by atoms with Crippen molar-refractivity contribution in [2.75, 3.05) is 24.5 Å². The van der Waals surface area contributed by atoms with Crippen LogP contribution in [-0.4, -0.2) is 31.3 Å². The van der Waals surface area contributed by atoms with Crippen molar-refractivity contribution >= 4 is 28.9 Å². The maximum atomic E-state index is 13.1. The van der Waals surface area contributed by atoms with Crippen LogP contribution in [0.15, 0.2) is 34.5 Å². The normalized spacial score (nSPS) is 22.4. The van der Waals surface area contributed by atoms with E-state index in [9.17, 15) is 4.79 Å². The lowest BCUT2D eigenvalue weighted by Gasteiger charge is -2.38. The first-order chi connectivity index (χ1) is 12.0. The van der Waals surface area contributed by atoms with Crippen LogP contribution in [-0.2, 0) is 10.2 Å². The van der Waals surface area contributed by atoms with E-state index in [2.05, 4.69) is 12.2 Å². The van der Waals surface area contributed by atoms with E-state index in [-0.39, 0.29) is 5.91 Å². The van der Waals surface area contributed by atoms with Gasteiger partial charge in [0, 0.05) is 35.2 Å². The van der Waals surface area contributed by atoms with E-state index in [0.29, 0.717) is 24.7 Å². The van der Waals surface area contributed by atoms with Crippen molar-refractivity contribution in [1.29, 1.82) is 0 Å². The van der Waals surface area contributed by atoms with Gasteiger partial charge in [-0.3, -0.25) is 9.79 Å². The van der Waals surface area contributed by atoms with E-state index in [1.54, 1.807) is 0 Å². The van der Waals surface area contributed by atoms with Crippen LogP contribution in [0.2, 0.25) is 5.02 Å². The molecule has 1 aromatic rings. The number of carbonyl (C=O) groups excluding carboxylic acids is 1. The number of benzene rings is 1. The van der Waals surface area contributed by atoms with Gasteiger partial charge in [-0.1, -0.05) is 23.2 Å². The average molecular weight is 358 g/mol. The smallest absolute Gasteiger partial charge is 0.240 e. The first kappa shape index (κ1) is 16.8. The van der Waals surface area contributed by atoms with Crippen molar-refractivity contribution in [3.8, 4) is 0 Å². The van der Waals surface area contributed by atoms with Crippen molar-refractivity contribution < 1.29 is 4.79 Å². The van der Waals surface area contributed by atoms with Crippen LogP contribution in [0.1, 0.15) is 45.1 Å². The minimum atomic E-state index is -0.403. The molecule has 0 bridgehead atoms. The molecular formula is C20H24ClN3O. The van der Waals surface area contributed by atoms with E-state index < -0.39 is 5.41 Å². The summed E-state index contributed by atoms with van der Waals surface area (Å²) in [7, 11) is 0. The van der Waals surface area contributed by atoms with Gasteiger partial charge in [0.25, 0.3) is 0 Å². The number of carbonyl (C=O) groups is 1. The van der Waals surface area contributed by atoms with E-state index >= 15 is 0 Å². The third kappa shape index (κ3) is 2.72. The van der Waals surface area contributed by atoms with Crippen molar-refractivity contribution in [3.05, 3.63) is 40.1 Å². The molecule has 1 fully saturated rings. The van der Waals surface area contributed by atoms with Gasteiger partial charge < -0.3 is 10.2 Å². The predicted octanol–water partition coefficient (Wildman–Crippen LogP) is 3.84. The van der Waals surface area contributed by atoms with Gasteiger partial charge in [0.15, 0.2) is 0 Å². The van der Waals surface area contributed by atoms with Crippen LogP contribution >= 0.6 is 11.6 Å². The highest BCUT2D eigenvalue weighted by Crippen LogP contribution is 2.45. The first-order valence-electron chi connectivity index (χ1n) is 9.07. The molecule has 3 aliphatic rings. The molecule has 2 heterocycles. The first-order valence-corrected chi connectivity index (χ1v) is 9.44. The number of allylic oxidation sites excluding steroid dienone is 2. The fourth-order valence-electron chi connectivity index (χ4n) is 4.18. The number of halogens is 1. The Hall–Kier alpha value is -1.65. The maximum Gasteiger partial charge on any atom is 0.240 e. The molecule has 25 heavy (non-hydrogen) atoms. The second-order valence-electron chi connectivity index (χ2n) is 7.52. The zero-order valence-corrected chi connectivity index (χ0v) is 15.6. The fourth-order valence-corrected chi connectivity index (χ4v) is 4.34. The number of fused-ring (bicyclic) bond motifs is 2. The molecule has 2 aliphatic heterocycles. The second-order valence-corrected chi connectivity index (χ2v) is 7.96. The number of rotatable bonds is 3. The molecule has 0 saturated carbocycles. The number of hydrogen-bond donors (Lipinski definition) is 1.